The quantitative estimate of drug-likeness (QED) is 0.805. The van der Waals surface area contributed by atoms with Gasteiger partial charge in [0.2, 0.25) is 0 Å². The van der Waals surface area contributed by atoms with E-state index in [1.807, 2.05) is 0 Å². The molecular formula is C7H4BrF5N2. The lowest BCUT2D eigenvalue weighted by molar-refractivity contribution is -0.141. The van der Waals surface area contributed by atoms with E-state index in [1.165, 1.54) is 0 Å². The largest absolute Gasteiger partial charge is 0.433 e. The Balaban J connectivity index is 3.36. The maximum atomic E-state index is 12.3. The Kier molecular flexibility index (Phi) is 3.17. The first-order valence-electron chi connectivity index (χ1n) is 3.54. The van der Waals surface area contributed by atoms with Crippen LogP contribution in [-0.4, -0.2) is 4.98 Å². The Morgan fingerprint density at radius 2 is 1.87 bits per heavy atom. The molecule has 0 bridgehead atoms. The van der Waals surface area contributed by atoms with E-state index < -0.39 is 29.7 Å². The van der Waals surface area contributed by atoms with Crippen molar-refractivity contribution in [1.29, 1.82) is 0 Å². The second kappa shape index (κ2) is 3.92. The van der Waals surface area contributed by atoms with E-state index in [-0.39, 0.29) is 4.47 Å². The van der Waals surface area contributed by atoms with E-state index in [0.717, 1.165) is 0 Å². The molecule has 2 N–H and O–H groups in total. The molecule has 1 aromatic heterocycles. The number of pyridine rings is 1. The molecule has 84 valence electrons. The SMILES string of the molecule is Nc1cc(C(F)(F)F)nc(C(F)F)c1Br. The van der Waals surface area contributed by atoms with Gasteiger partial charge in [0.15, 0.2) is 0 Å². The van der Waals surface area contributed by atoms with Gasteiger partial charge in [-0.3, -0.25) is 0 Å². The van der Waals surface area contributed by atoms with Crippen LogP contribution >= 0.6 is 15.9 Å². The lowest BCUT2D eigenvalue weighted by atomic mass is 10.2. The van der Waals surface area contributed by atoms with Crippen LogP contribution in [0.3, 0.4) is 0 Å². The predicted molar refractivity (Wildman–Crippen MR) is 46.3 cm³/mol. The molecule has 0 unspecified atom stereocenters. The van der Waals surface area contributed by atoms with Crippen molar-refractivity contribution in [3.05, 3.63) is 21.9 Å². The minimum absolute atomic E-state index is 0.314. The molecule has 1 rings (SSSR count). The first kappa shape index (κ1) is 12.2. The van der Waals surface area contributed by atoms with E-state index in [4.69, 9.17) is 5.73 Å². The predicted octanol–water partition coefficient (Wildman–Crippen LogP) is 3.38. The highest BCUT2D eigenvalue weighted by Crippen LogP contribution is 2.35. The third kappa shape index (κ3) is 2.55. The molecule has 2 nitrogen and oxygen atoms in total. The Morgan fingerprint density at radius 3 is 2.27 bits per heavy atom. The van der Waals surface area contributed by atoms with Crippen molar-refractivity contribution in [2.75, 3.05) is 5.73 Å². The Hall–Kier alpha value is -0.920. The summed E-state index contributed by atoms with van der Waals surface area (Å²) in [6, 6.07) is 0.496. The number of anilines is 1. The molecule has 1 heterocycles. The summed E-state index contributed by atoms with van der Waals surface area (Å²) in [4.78, 5) is 2.80. The Labute approximate surface area is 89.4 Å². The summed E-state index contributed by atoms with van der Waals surface area (Å²) < 4.78 is 60.7. The maximum absolute atomic E-state index is 12.3. The van der Waals surface area contributed by atoms with Crippen molar-refractivity contribution >= 4 is 21.6 Å². The van der Waals surface area contributed by atoms with Crippen molar-refractivity contribution < 1.29 is 22.0 Å². The third-order valence-corrected chi connectivity index (χ3v) is 2.37. The van der Waals surface area contributed by atoms with Gasteiger partial charge in [-0.1, -0.05) is 0 Å². The number of rotatable bonds is 1. The van der Waals surface area contributed by atoms with E-state index >= 15 is 0 Å². The normalized spacial score (nSPS) is 12.2. The van der Waals surface area contributed by atoms with Gasteiger partial charge >= 0.3 is 6.18 Å². The fourth-order valence-electron chi connectivity index (χ4n) is 0.859. The molecule has 1 aromatic rings. The van der Waals surface area contributed by atoms with Crippen LogP contribution in [0.5, 0.6) is 0 Å². The molecule has 0 aliphatic carbocycles. The lowest BCUT2D eigenvalue weighted by Crippen LogP contribution is -2.11. The number of nitrogen functional groups attached to an aromatic ring is 1. The van der Waals surface area contributed by atoms with Gasteiger partial charge < -0.3 is 5.73 Å². The summed E-state index contributed by atoms with van der Waals surface area (Å²) in [5.74, 6) is 0. The van der Waals surface area contributed by atoms with Crippen LogP contribution in [0, 0.1) is 0 Å². The van der Waals surface area contributed by atoms with Crippen LogP contribution in [0.2, 0.25) is 0 Å². The number of hydrogen-bond donors (Lipinski definition) is 1. The Morgan fingerprint density at radius 1 is 1.33 bits per heavy atom. The van der Waals surface area contributed by atoms with Gasteiger partial charge in [-0.25, -0.2) is 13.8 Å². The number of alkyl halides is 5. The van der Waals surface area contributed by atoms with Gasteiger partial charge in [-0.15, -0.1) is 0 Å². The summed E-state index contributed by atoms with van der Waals surface area (Å²) in [5, 5.41) is 0. The minimum Gasteiger partial charge on any atom is -0.398 e. The zero-order valence-corrected chi connectivity index (χ0v) is 8.53. The molecule has 0 aliphatic heterocycles. The van der Waals surface area contributed by atoms with Crippen molar-refractivity contribution in [3.63, 3.8) is 0 Å². The number of nitrogens with zero attached hydrogens (tertiary/aromatic N) is 1. The summed E-state index contributed by atoms with van der Waals surface area (Å²) in [6.45, 7) is 0. The van der Waals surface area contributed by atoms with Crippen molar-refractivity contribution in [1.82, 2.24) is 4.98 Å². The number of aromatic nitrogens is 1. The van der Waals surface area contributed by atoms with Crippen LogP contribution in [-0.2, 0) is 6.18 Å². The number of hydrogen-bond acceptors (Lipinski definition) is 2. The van der Waals surface area contributed by atoms with Crippen LogP contribution in [0.25, 0.3) is 0 Å². The van der Waals surface area contributed by atoms with Crippen LogP contribution < -0.4 is 5.73 Å². The van der Waals surface area contributed by atoms with E-state index in [2.05, 4.69) is 20.9 Å². The summed E-state index contributed by atoms with van der Waals surface area (Å²) in [6.07, 6.45) is -7.91. The Bertz CT molecular complexity index is 376. The molecule has 0 fully saturated rings. The summed E-state index contributed by atoms with van der Waals surface area (Å²) >= 11 is 2.65. The van der Waals surface area contributed by atoms with Crippen LogP contribution in [0.4, 0.5) is 27.6 Å². The molecule has 0 saturated heterocycles. The molecule has 8 heteroatoms. The minimum atomic E-state index is -4.79. The van der Waals surface area contributed by atoms with E-state index in [1.54, 1.807) is 0 Å². The molecule has 0 aliphatic rings. The van der Waals surface area contributed by atoms with Crippen molar-refractivity contribution in [2.45, 2.75) is 12.6 Å². The highest BCUT2D eigenvalue weighted by atomic mass is 79.9. The van der Waals surface area contributed by atoms with E-state index in [0.29, 0.717) is 6.07 Å². The molecule has 0 amide bonds. The van der Waals surface area contributed by atoms with Crippen LogP contribution in [0.15, 0.2) is 10.5 Å². The van der Waals surface area contributed by atoms with Gasteiger partial charge in [-0.05, 0) is 22.0 Å². The first-order valence-corrected chi connectivity index (χ1v) is 4.34. The third-order valence-electron chi connectivity index (χ3n) is 1.51. The van der Waals surface area contributed by atoms with Crippen molar-refractivity contribution in [2.24, 2.45) is 0 Å². The van der Waals surface area contributed by atoms with Gasteiger partial charge in [-0.2, -0.15) is 13.2 Å². The van der Waals surface area contributed by atoms with Gasteiger partial charge in [0.25, 0.3) is 6.43 Å². The molecule has 0 saturated carbocycles. The fourth-order valence-corrected chi connectivity index (χ4v) is 1.24. The zero-order chi connectivity index (χ0) is 11.8. The van der Waals surface area contributed by atoms with Crippen molar-refractivity contribution in [3.8, 4) is 0 Å². The second-order valence-electron chi connectivity index (χ2n) is 2.59. The van der Waals surface area contributed by atoms with Gasteiger partial charge in [0, 0.05) is 0 Å². The zero-order valence-electron chi connectivity index (χ0n) is 6.95. The topological polar surface area (TPSA) is 38.9 Å². The standard InChI is InChI=1S/C7H4BrF5N2/c8-4-2(14)1-3(7(11,12)13)15-5(4)6(9)10/h1,6H,(H2,14,15). The second-order valence-corrected chi connectivity index (χ2v) is 3.39. The van der Waals surface area contributed by atoms with Crippen LogP contribution in [0.1, 0.15) is 17.8 Å². The molecule has 15 heavy (non-hydrogen) atoms. The lowest BCUT2D eigenvalue weighted by Gasteiger charge is -2.11. The molecular weight excluding hydrogens is 287 g/mol. The number of nitrogens with two attached hydrogens (primary N) is 1. The first-order chi connectivity index (χ1) is 6.73. The average Bonchev–Trinajstić information content (AvgIpc) is 2.06. The molecule has 0 atom stereocenters. The highest BCUT2D eigenvalue weighted by Gasteiger charge is 2.34. The summed E-state index contributed by atoms with van der Waals surface area (Å²) in [5.41, 5.74) is 2.27. The van der Waals surface area contributed by atoms with E-state index in [9.17, 15) is 22.0 Å². The van der Waals surface area contributed by atoms with Gasteiger partial charge in [0.1, 0.15) is 11.4 Å². The summed E-state index contributed by atoms with van der Waals surface area (Å²) in [7, 11) is 0. The smallest absolute Gasteiger partial charge is 0.398 e. The fraction of sp³-hybridized carbons (Fsp3) is 0.286. The average molecular weight is 291 g/mol. The monoisotopic (exact) mass is 290 g/mol. The van der Waals surface area contributed by atoms with Gasteiger partial charge in [0.05, 0.1) is 10.2 Å². The molecule has 0 aromatic carbocycles. The maximum Gasteiger partial charge on any atom is 0.433 e. The molecule has 0 radical (unpaired) electrons. The highest BCUT2D eigenvalue weighted by molar-refractivity contribution is 9.10. The number of halogens is 6. The molecule has 0 spiro atoms.